The van der Waals surface area contributed by atoms with Gasteiger partial charge in [-0.15, -0.1) is 0 Å². The molecule has 0 aliphatic carbocycles. The summed E-state index contributed by atoms with van der Waals surface area (Å²) in [6.45, 7) is 8.00. The molecule has 0 saturated heterocycles. The highest BCUT2D eigenvalue weighted by Gasteiger charge is 2.47. The van der Waals surface area contributed by atoms with Crippen molar-refractivity contribution in [3.63, 3.8) is 0 Å². The number of hydrogen-bond donors (Lipinski definition) is 2. The molecule has 0 heterocycles. The van der Waals surface area contributed by atoms with E-state index in [1.807, 2.05) is 27.7 Å². The average molecular weight is 319 g/mol. The Labute approximate surface area is 130 Å². The fraction of sp³-hybridized carbons (Fsp3) is 0.467. The summed E-state index contributed by atoms with van der Waals surface area (Å²) in [6, 6.07) is 6.32. The van der Waals surface area contributed by atoms with E-state index in [2.05, 4.69) is 4.74 Å². The van der Waals surface area contributed by atoms with Gasteiger partial charge in [0.05, 0.1) is 0 Å². The van der Waals surface area contributed by atoms with Crippen molar-refractivity contribution in [2.45, 2.75) is 39.7 Å². The van der Waals surface area contributed by atoms with E-state index in [4.69, 9.17) is 21.8 Å². The zero-order valence-electron chi connectivity index (χ0n) is 13.0. The molecule has 0 spiro atoms. The van der Waals surface area contributed by atoms with Gasteiger partial charge >= 0.3 is 11.9 Å². The Kier molecular flexibility index (Phi) is 11.5. The third-order valence-corrected chi connectivity index (χ3v) is 2.62. The molecule has 2 N–H and O–H groups in total. The minimum absolute atomic E-state index is 0.297. The van der Waals surface area contributed by atoms with Gasteiger partial charge in [0.2, 0.25) is 0 Å². The fourth-order valence-corrected chi connectivity index (χ4v) is 1.64. The molecule has 6 heteroatoms. The monoisotopic (exact) mass is 318 g/mol. The van der Waals surface area contributed by atoms with Crippen LogP contribution in [0.25, 0.3) is 0 Å². The van der Waals surface area contributed by atoms with Crippen molar-refractivity contribution in [2.75, 3.05) is 7.11 Å². The van der Waals surface area contributed by atoms with E-state index in [9.17, 15) is 9.59 Å². The summed E-state index contributed by atoms with van der Waals surface area (Å²) in [5, 5.41) is 18.4. The third kappa shape index (κ3) is 6.14. The molecule has 0 amide bonds. The summed E-state index contributed by atoms with van der Waals surface area (Å²) >= 11 is 5.74. The van der Waals surface area contributed by atoms with Crippen molar-refractivity contribution >= 4 is 23.5 Å². The molecule has 0 unspecified atom stereocenters. The molecule has 21 heavy (non-hydrogen) atoms. The number of halogens is 1. The molecular weight excluding hydrogens is 296 g/mol. The lowest BCUT2D eigenvalue weighted by atomic mass is 9.94. The number of carboxylic acid groups (broad SMARTS) is 2. The molecule has 5 nitrogen and oxygen atoms in total. The summed E-state index contributed by atoms with van der Waals surface area (Å²) in [5.74, 6) is -3.10. The highest BCUT2D eigenvalue weighted by atomic mass is 35.5. The van der Waals surface area contributed by atoms with Gasteiger partial charge < -0.3 is 14.9 Å². The highest BCUT2D eigenvalue weighted by molar-refractivity contribution is 6.30. The predicted molar refractivity (Wildman–Crippen MR) is 82.9 cm³/mol. The summed E-state index contributed by atoms with van der Waals surface area (Å²) in [6.07, 6.45) is -0.297. The van der Waals surface area contributed by atoms with Gasteiger partial charge in [0.15, 0.2) is 0 Å². The largest absolute Gasteiger partial charge is 0.479 e. The van der Waals surface area contributed by atoms with Crippen LogP contribution >= 0.6 is 11.6 Å². The number of benzene rings is 1. The van der Waals surface area contributed by atoms with Crippen LogP contribution in [0.3, 0.4) is 0 Å². The number of hydrogen-bond acceptors (Lipinski definition) is 3. The molecule has 0 radical (unpaired) electrons. The highest BCUT2D eigenvalue weighted by Crippen LogP contribution is 2.21. The van der Waals surface area contributed by atoms with E-state index in [0.29, 0.717) is 10.6 Å². The van der Waals surface area contributed by atoms with Gasteiger partial charge in [-0.05, 0) is 17.7 Å². The summed E-state index contributed by atoms with van der Waals surface area (Å²) < 4.78 is 4.66. The molecule has 0 aliphatic rings. The Morgan fingerprint density at radius 3 is 1.95 bits per heavy atom. The van der Waals surface area contributed by atoms with E-state index in [1.54, 1.807) is 18.2 Å². The van der Waals surface area contributed by atoms with Gasteiger partial charge in [-0.25, -0.2) is 9.59 Å². The number of ether oxygens (including phenoxy) is 1. The molecule has 1 aromatic carbocycles. The summed E-state index contributed by atoms with van der Waals surface area (Å²) in [7, 11) is 1.05. The van der Waals surface area contributed by atoms with Crippen LogP contribution in [0.5, 0.6) is 0 Å². The van der Waals surface area contributed by atoms with Crippen molar-refractivity contribution in [3.05, 3.63) is 34.9 Å². The number of carboxylic acids is 2. The van der Waals surface area contributed by atoms with Gasteiger partial charge in [0, 0.05) is 18.6 Å². The average Bonchev–Trinajstić information content (AvgIpc) is 2.48. The first kappa shape index (κ1) is 21.7. The zero-order chi connectivity index (χ0) is 17.1. The maximum Gasteiger partial charge on any atom is 0.348 e. The zero-order valence-corrected chi connectivity index (χ0v) is 13.8. The van der Waals surface area contributed by atoms with Crippen molar-refractivity contribution in [3.8, 4) is 0 Å². The van der Waals surface area contributed by atoms with E-state index in [-0.39, 0.29) is 6.42 Å². The van der Waals surface area contributed by atoms with Crippen LogP contribution in [0.4, 0.5) is 0 Å². The van der Waals surface area contributed by atoms with Crippen molar-refractivity contribution < 1.29 is 24.5 Å². The minimum Gasteiger partial charge on any atom is -0.479 e. The molecular formula is C15H23ClO5. The molecule has 0 aromatic heterocycles. The standard InChI is InChI=1S/C11H11ClO5.2C2H6/c1-17-11(9(13)14,10(15)16)6-7-3-2-4-8(12)5-7;2*1-2/h2-5H,6H2,1H3,(H,13,14)(H,15,16);2*1-2H3. The summed E-state index contributed by atoms with van der Waals surface area (Å²) in [5.41, 5.74) is -1.81. The van der Waals surface area contributed by atoms with Crippen LogP contribution in [0.2, 0.25) is 5.02 Å². The van der Waals surface area contributed by atoms with Crippen LogP contribution in [0, 0.1) is 0 Å². The van der Waals surface area contributed by atoms with Gasteiger partial charge in [-0.1, -0.05) is 51.4 Å². The normalized spacial score (nSPS) is 9.62. The lowest BCUT2D eigenvalue weighted by Crippen LogP contribution is -2.50. The van der Waals surface area contributed by atoms with Crippen molar-refractivity contribution in [1.29, 1.82) is 0 Å². The Bertz CT molecular complexity index is 431. The van der Waals surface area contributed by atoms with Crippen LogP contribution in [0.1, 0.15) is 33.3 Å². The lowest BCUT2D eigenvalue weighted by Gasteiger charge is -2.23. The molecule has 1 aromatic rings. The molecule has 0 bridgehead atoms. The maximum atomic E-state index is 11.0. The summed E-state index contributed by atoms with van der Waals surface area (Å²) in [4.78, 5) is 22.1. The minimum atomic E-state index is -2.29. The second-order valence-corrected chi connectivity index (χ2v) is 3.88. The fourth-order valence-electron chi connectivity index (χ4n) is 1.42. The van der Waals surface area contributed by atoms with Crippen LogP contribution < -0.4 is 0 Å². The number of carbonyl (C=O) groups is 2. The van der Waals surface area contributed by atoms with E-state index >= 15 is 0 Å². The van der Waals surface area contributed by atoms with Crippen LogP contribution in [0.15, 0.2) is 24.3 Å². The quantitative estimate of drug-likeness (QED) is 0.812. The maximum absolute atomic E-state index is 11.0. The number of aliphatic carboxylic acids is 2. The number of methoxy groups -OCH3 is 1. The molecule has 0 fully saturated rings. The van der Waals surface area contributed by atoms with Gasteiger partial charge in [0.25, 0.3) is 5.60 Å². The predicted octanol–water partition coefficient (Wildman–Crippen LogP) is 3.49. The van der Waals surface area contributed by atoms with Crippen LogP contribution in [-0.4, -0.2) is 34.9 Å². The topological polar surface area (TPSA) is 83.8 Å². The Hall–Kier alpha value is -1.59. The van der Waals surface area contributed by atoms with Gasteiger partial charge in [0.1, 0.15) is 0 Å². The molecule has 0 atom stereocenters. The molecule has 1 rings (SSSR count). The first-order valence-electron chi connectivity index (χ1n) is 6.69. The molecule has 0 saturated carbocycles. The molecule has 0 aliphatic heterocycles. The first-order valence-corrected chi connectivity index (χ1v) is 7.06. The van der Waals surface area contributed by atoms with E-state index < -0.39 is 17.5 Å². The van der Waals surface area contributed by atoms with Gasteiger partial charge in [-0.2, -0.15) is 0 Å². The first-order chi connectivity index (χ1) is 9.92. The van der Waals surface area contributed by atoms with Crippen molar-refractivity contribution in [2.24, 2.45) is 0 Å². The third-order valence-electron chi connectivity index (χ3n) is 2.38. The van der Waals surface area contributed by atoms with Crippen molar-refractivity contribution in [1.82, 2.24) is 0 Å². The smallest absolute Gasteiger partial charge is 0.348 e. The Morgan fingerprint density at radius 1 is 1.14 bits per heavy atom. The lowest BCUT2D eigenvalue weighted by molar-refractivity contribution is -0.179. The Morgan fingerprint density at radius 2 is 1.62 bits per heavy atom. The van der Waals surface area contributed by atoms with Crippen LogP contribution in [-0.2, 0) is 20.7 Å². The molecule has 120 valence electrons. The second-order valence-electron chi connectivity index (χ2n) is 3.45. The Balaban J connectivity index is 0. The van der Waals surface area contributed by atoms with Gasteiger partial charge in [-0.3, -0.25) is 0 Å². The van der Waals surface area contributed by atoms with E-state index in [0.717, 1.165) is 7.11 Å². The second kappa shape index (κ2) is 11.1. The van der Waals surface area contributed by atoms with E-state index in [1.165, 1.54) is 6.07 Å². The SMILES string of the molecule is CC.CC.COC(Cc1cccc(Cl)c1)(C(=O)O)C(=O)O. The number of rotatable bonds is 5.